The van der Waals surface area contributed by atoms with E-state index in [1.807, 2.05) is 0 Å². The van der Waals surface area contributed by atoms with Crippen molar-refractivity contribution in [3.8, 4) is 5.75 Å². The second kappa shape index (κ2) is 3.59. The second-order valence-corrected chi connectivity index (χ2v) is 4.07. The Bertz CT molecular complexity index is 458. The summed E-state index contributed by atoms with van der Waals surface area (Å²) in [4.78, 5) is 11.0. The molecule has 1 aromatic rings. The molecule has 0 spiro atoms. The lowest BCUT2D eigenvalue weighted by Crippen LogP contribution is -2.30. The van der Waals surface area contributed by atoms with Gasteiger partial charge < -0.3 is 10.2 Å². The fourth-order valence-electron chi connectivity index (χ4n) is 1.73. The summed E-state index contributed by atoms with van der Waals surface area (Å²) in [6.45, 7) is 1.53. The molecule has 0 fully saturated rings. The molecule has 0 saturated heterocycles. The number of hydrogen-bond acceptors (Lipinski definition) is 4. The molecule has 0 amide bonds. The quantitative estimate of drug-likeness (QED) is 0.800. The monoisotopic (exact) mass is 220 g/mol. The zero-order valence-corrected chi connectivity index (χ0v) is 8.79. The molecule has 0 aromatic heterocycles. The summed E-state index contributed by atoms with van der Waals surface area (Å²) in [5, 5.41) is 26.3. The van der Waals surface area contributed by atoms with Gasteiger partial charge in [0.2, 0.25) is 0 Å². The summed E-state index contributed by atoms with van der Waals surface area (Å²) in [7, 11) is 0. The highest BCUT2D eigenvalue weighted by atomic mass is 16.4. The van der Waals surface area contributed by atoms with Crippen molar-refractivity contribution >= 4 is 5.97 Å². The minimum Gasteiger partial charge on any atom is -0.508 e. The predicted octanol–water partition coefficient (Wildman–Crippen LogP) is 2.13. The first-order valence-corrected chi connectivity index (χ1v) is 4.96. The minimum atomic E-state index is -1.17. The third-order valence-corrected chi connectivity index (χ3v) is 2.77. The molecule has 2 rings (SSSR count). The van der Waals surface area contributed by atoms with Gasteiger partial charge in [-0.25, -0.2) is 4.79 Å². The van der Waals surface area contributed by atoms with E-state index >= 15 is 0 Å². The van der Waals surface area contributed by atoms with Gasteiger partial charge in [-0.15, -0.1) is 0 Å². The Labute approximate surface area is 92.4 Å². The molecule has 0 saturated carbocycles. The summed E-state index contributed by atoms with van der Waals surface area (Å²) in [6, 6.07) is 6.40. The van der Waals surface area contributed by atoms with E-state index in [0.29, 0.717) is 5.56 Å². The highest BCUT2D eigenvalue weighted by molar-refractivity contribution is 5.78. The van der Waals surface area contributed by atoms with Crippen LogP contribution in [0.5, 0.6) is 5.75 Å². The molecule has 5 nitrogen and oxygen atoms in total. The number of aliphatic carboxylic acids is 1. The summed E-state index contributed by atoms with van der Waals surface area (Å²) in [6.07, 6.45) is 0.278. The average molecular weight is 220 g/mol. The topological polar surface area (TPSA) is 82.2 Å². The van der Waals surface area contributed by atoms with Crippen molar-refractivity contribution in [2.24, 2.45) is 10.2 Å². The molecular weight excluding hydrogens is 208 g/mol. The van der Waals surface area contributed by atoms with Crippen molar-refractivity contribution < 1.29 is 15.0 Å². The molecule has 0 aliphatic carbocycles. The molecule has 2 unspecified atom stereocenters. The number of carboxylic acids is 1. The van der Waals surface area contributed by atoms with E-state index in [1.165, 1.54) is 6.92 Å². The second-order valence-electron chi connectivity index (χ2n) is 4.07. The van der Waals surface area contributed by atoms with Gasteiger partial charge in [0.15, 0.2) is 5.54 Å². The van der Waals surface area contributed by atoms with Gasteiger partial charge in [-0.1, -0.05) is 18.2 Å². The number of carbonyl (C=O) groups is 1. The van der Waals surface area contributed by atoms with E-state index in [0.717, 1.165) is 0 Å². The number of phenolic OH excluding ortho intramolecular Hbond substituents is 1. The van der Waals surface area contributed by atoms with Crippen LogP contribution in [0.15, 0.2) is 34.5 Å². The molecule has 84 valence electrons. The fraction of sp³-hybridized carbons (Fsp3) is 0.364. The van der Waals surface area contributed by atoms with Gasteiger partial charge in [-0.2, -0.15) is 10.2 Å². The van der Waals surface area contributed by atoms with Crippen molar-refractivity contribution in [1.29, 1.82) is 0 Å². The highest BCUT2D eigenvalue weighted by Crippen LogP contribution is 2.39. The zero-order valence-electron chi connectivity index (χ0n) is 8.79. The third-order valence-electron chi connectivity index (χ3n) is 2.77. The number of hydrogen-bond donors (Lipinski definition) is 2. The Hall–Kier alpha value is -1.91. The van der Waals surface area contributed by atoms with Gasteiger partial charge in [-0.3, -0.25) is 0 Å². The molecule has 5 heteroatoms. The van der Waals surface area contributed by atoms with Gasteiger partial charge in [0, 0.05) is 12.0 Å². The van der Waals surface area contributed by atoms with E-state index in [1.54, 1.807) is 24.3 Å². The van der Waals surface area contributed by atoms with Crippen LogP contribution in [0.25, 0.3) is 0 Å². The van der Waals surface area contributed by atoms with Crippen LogP contribution in [0.1, 0.15) is 24.9 Å². The van der Waals surface area contributed by atoms with Crippen molar-refractivity contribution in [3.63, 3.8) is 0 Å². The van der Waals surface area contributed by atoms with Crippen LogP contribution in [0.4, 0.5) is 0 Å². The highest BCUT2D eigenvalue weighted by Gasteiger charge is 2.41. The molecule has 1 heterocycles. The van der Waals surface area contributed by atoms with Gasteiger partial charge in [0.05, 0.1) is 0 Å². The van der Waals surface area contributed by atoms with Crippen LogP contribution >= 0.6 is 0 Å². The van der Waals surface area contributed by atoms with Crippen molar-refractivity contribution in [2.45, 2.75) is 24.9 Å². The lowest BCUT2D eigenvalue weighted by atomic mass is 9.92. The van der Waals surface area contributed by atoms with E-state index in [-0.39, 0.29) is 18.2 Å². The minimum absolute atomic E-state index is 0.126. The number of carboxylic acid groups (broad SMARTS) is 1. The van der Waals surface area contributed by atoms with Crippen LogP contribution in [-0.2, 0) is 4.79 Å². The van der Waals surface area contributed by atoms with E-state index in [2.05, 4.69) is 10.2 Å². The normalized spacial score (nSPS) is 28.2. The zero-order chi connectivity index (χ0) is 11.8. The van der Waals surface area contributed by atoms with E-state index in [9.17, 15) is 9.90 Å². The number of para-hydroxylation sites is 1. The maximum absolute atomic E-state index is 11.0. The Balaban J connectivity index is 2.26. The van der Waals surface area contributed by atoms with Crippen LogP contribution in [0, 0.1) is 0 Å². The van der Waals surface area contributed by atoms with Crippen LogP contribution in [0.3, 0.4) is 0 Å². The van der Waals surface area contributed by atoms with E-state index in [4.69, 9.17) is 5.11 Å². The molecule has 2 atom stereocenters. The number of azo groups is 1. The largest absolute Gasteiger partial charge is 0.508 e. The standard InChI is InChI=1S/C11H12N2O3/c1-11(10(15)16)6-8(12-13-11)7-4-2-3-5-9(7)14/h2-5,8,14H,6H2,1H3,(H,15,16). The summed E-state index contributed by atoms with van der Waals surface area (Å²) < 4.78 is 0. The maximum Gasteiger partial charge on any atom is 0.333 e. The average Bonchev–Trinajstić information content (AvgIpc) is 2.63. The first-order chi connectivity index (χ1) is 7.53. The van der Waals surface area contributed by atoms with Gasteiger partial charge in [0.25, 0.3) is 0 Å². The number of aromatic hydroxyl groups is 1. The molecule has 1 aromatic carbocycles. The Morgan fingerprint density at radius 2 is 2.19 bits per heavy atom. The van der Waals surface area contributed by atoms with Crippen molar-refractivity contribution in [3.05, 3.63) is 29.8 Å². The van der Waals surface area contributed by atoms with Gasteiger partial charge in [0.1, 0.15) is 11.8 Å². The Kier molecular flexibility index (Phi) is 2.38. The number of benzene rings is 1. The molecular formula is C11H12N2O3. The van der Waals surface area contributed by atoms with Crippen LogP contribution < -0.4 is 0 Å². The Morgan fingerprint density at radius 1 is 1.50 bits per heavy atom. The number of nitrogens with zero attached hydrogens (tertiary/aromatic N) is 2. The molecule has 1 aliphatic heterocycles. The molecule has 0 radical (unpaired) electrons. The first kappa shape index (κ1) is 10.6. The lowest BCUT2D eigenvalue weighted by molar-refractivity contribution is -0.142. The molecule has 2 N–H and O–H groups in total. The van der Waals surface area contributed by atoms with Crippen LogP contribution in [0.2, 0.25) is 0 Å². The molecule has 0 bridgehead atoms. The van der Waals surface area contributed by atoms with Crippen LogP contribution in [-0.4, -0.2) is 21.7 Å². The maximum atomic E-state index is 11.0. The predicted molar refractivity (Wildman–Crippen MR) is 56.4 cm³/mol. The summed E-state index contributed by atoms with van der Waals surface area (Å²) in [5.74, 6) is -0.866. The molecule has 16 heavy (non-hydrogen) atoms. The SMILES string of the molecule is CC1(C(=O)O)CC(c2ccccc2O)N=N1. The molecule has 1 aliphatic rings. The smallest absolute Gasteiger partial charge is 0.333 e. The first-order valence-electron chi connectivity index (χ1n) is 4.96. The summed E-state index contributed by atoms with van der Waals surface area (Å²) >= 11 is 0. The third kappa shape index (κ3) is 1.64. The van der Waals surface area contributed by atoms with Gasteiger partial charge >= 0.3 is 5.97 Å². The van der Waals surface area contributed by atoms with Crippen molar-refractivity contribution in [2.75, 3.05) is 0 Å². The Morgan fingerprint density at radius 3 is 2.75 bits per heavy atom. The summed E-state index contributed by atoms with van der Waals surface area (Å²) in [5.41, 5.74) is -0.552. The van der Waals surface area contributed by atoms with E-state index < -0.39 is 11.5 Å². The fourth-order valence-corrected chi connectivity index (χ4v) is 1.73. The van der Waals surface area contributed by atoms with Crippen molar-refractivity contribution in [1.82, 2.24) is 0 Å². The number of rotatable bonds is 2. The lowest BCUT2D eigenvalue weighted by Gasteiger charge is -2.14. The van der Waals surface area contributed by atoms with Gasteiger partial charge in [-0.05, 0) is 13.0 Å². The number of phenols is 1.